The van der Waals surface area contributed by atoms with Crippen molar-refractivity contribution in [2.75, 3.05) is 0 Å². The molecule has 11 heavy (non-hydrogen) atoms. The molecule has 0 aromatic rings. The molecule has 0 aromatic heterocycles. The Balaban J connectivity index is 4.88. The van der Waals surface area contributed by atoms with Crippen LogP contribution in [0.5, 0.6) is 0 Å². The monoisotopic (exact) mass is 144 g/mol. The van der Waals surface area contributed by atoms with Crippen LogP contribution in [-0.4, -0.2) is 11.7 Å². The third-order valence-corrected chi connectivity index (χ3v) is 0.945. The Hall–Kier alpha value is -2.12. The summed E-state index contributed by atoms with van der Waals surface area (Å²) in [7, 11) is 0. The van der Waals surface area contributed by atoms with Gasteiger partial charge in [-0.15, -0.1) is 0 Å². The van der Waals surface area contributed by atoms with Crippen LogP contribution in [0, 0.1) is 33.5 Å². The molecule has 0 aromatic carbocycles. The topological polar surface area (TPSA) is 95.3 Å². The van der Waals surface area contributed by atoms with E-state index in [1.54, 1.807) is 12.1 Å². The lowest BCUT2D eigenvalue weighted by molar-refractivity contribution is 1.27. The molecule has 0 saturated heterocycles. The molecule has 0 spiro atoms. The van der Waals surface area contributed by atoms with Gasteiger partial charge in [0.2, 0.25) is 0 Å². The molecular formula is C7H4N4. The summed E-state index contributed by atoms with van der Waals surface area (Å²) in [6.45, 7) is 0. The fraction of sp³-hybridized carbons (Fsp3) is 0.143. The van der Waals surface area contributed by atoms with E-state index in [0.717, 1.165) is 0 Å². The first-order chi connectivity index (χ1) is 5.29. The van der Waals surface area contributed by atoms with E-state index >= 15 is 0 Å². The minimum Gasteiger partial charge on any atom is -0.258 e. The number of rotatable bonds is 2. The van der Waals surface area contributed by atoms with Crippen molar-refractivity contribution in [3.63, 3.8) is 0 Å². The van der Waals surface area contributed by atoms with Gasteiger partial charge in [0.05, 0.1) is 18.1 Å². The first kappa shape index (κ1) is 8.88. The highest BCUT2D eigenvalue weighted by molar-refractivity contribution is 5.77. The Bertz CT molecular complexity index is 326. The number of nitrogens with zero attached hydrogens (tertiary/aromatic N) is 2. The Morgan fingerprint density at radius 1 is 1.18 bits per heavy atom. The van der Waals surface area contributed by atoms with E-state index in [-0.39, 0.29) is 17.6 Å². The van der Waals surface area contributed by atoms with Crippen LogP contribution in [0.25, 0.3) is 0 Å². The largest absolute Gasteiger partial charge is 0.258 e. The van der Waals surface area contributed by atoms with Crippen LogP contribution in [0.4, 0.5) is 0 Å². The highest BCUT2D eigenvalue weighted by Gasteiger charge is 2.02. The van der Waals surface area contributed by atoms with Crippen LogP contribution < -0.4 is 0 Å². The van der Waals surface area contributed by atoms with E-state index < -0.39 is 0 Å². The van der Waals surface area contributed by atoms with Crippen LogP contribution >= 0.6 is 0 Å². The van der Waals surface area contributed by atoms with Crippen LogP contribution in [0.3, 0.4) is 0 Å². The summed E-state index contributed by atoms with van der Waals surface area (Å²) in [4.78, 5) is 0. The van der Waals surface area contributed by atoms with Crippen LogP contribution in [0.15, 0.2) is 11.1 Å². The number of nitrogens with one attached hydrogen (secondary N) is 2. The van der Waals surface area contributed by atoms with Gasteiger partial charge in [0.25, 0.3) is 0 Å². The minimum atomic E-state index is -0.110. The van der Waals surface area contributed by atoms with Crippen molar-refractivity contribution < 1.29 is 0 Å². The maximum Gasteiger partial charge on any atom is 0.126 e. The van der Waals surface area contributed by atoms with Gasteiger partial charge in [-0.3, -0.25) is 10.8 Å². The number of allylic oxidation sites excluding steroid dienone is 2. The van der Waals surface area contributed by atoms with E-state index in [0.29, 0.717) is 0 Å². The third-order valence-electron chi connectivity index (χ3n) is 0.945. The predicted octanol–water partition coefficient (Wildman–Crippen LogP) is 0.773. The molecule has 2 N–H and O–H groups in total. The van der Waals surface area contributed by atoms with Crippen LogP contribution in [0.2, 0.25) is 0 Å². The van der Waals surface area contributed by atoms with E-state index in [1.165, 1.54) is 0 Å². The first-order valence-corrected chi connectivity index (χ1v) is 2.65. The smallest absolute Gasteiger partial charge is 0.126 e. The average molecular weight is 144 g/mol. The summed E-state index contributed by atoms with van der Waals surface area (Å²) in [6, 6.07) is 3.39. The number of hydrogen-bond acceptors (Lipinski definition) is 4. The van der Waals surface area contributed by atoms with Crippen LogP contribution in [0.1, 0.15) is 6.42 Å². The molecule has 0 radical (unpaired) electrons. The third kappa shape index (κ3) is 2.30. The molecule has 0 bridgehead atoms. The molecule has 0 amide bonds. The lowest BCUT2D eigenvalue weighted by atomic mass is 10.1. The van der Waals surface area contributed by atoms with Gasteiger partial charge in [-0.1, -0.05) is 0 Å². The van der Waals surface area contributed by atoms with Gasteiger partial charge < -0.3 is 0 Å². The second-order valence-electron chi connectivity index (χ2n) is 1.55. The minimum absolute atomic E-state index is 0.0850. The molecule has 0 saturated carbocycles. The fourth-order valence-corrected chi connectivity index (χ4v) is 0.445. The molecule has 0 rings (SSSR count). The molecule has 0 aliphatic rings. The van der Waals surface area contributed by atoms with Gasteiger partial charge in [-0.05, 0) is 11.7 Å². The Labute approximate surface area is 63.7 Å². The molecule has 0 aliphatic heterocycles. The molecule has 4 nitrogen and oxygen atoms in total. The van der Waals surface area contributed by atoms with Crippen LogP contribution in [-0.2, 0) is 0 Å². The van der Waals surface area contributed by atoms with E-state index in [2.05, 4.69) is 0 Å². The van der Waals surface area contributed by atoms with Crippen molar-refractivity contribution in [2.24, 2.45) is 0 Å². The highest BCUT2D eigenvalue weighted by Crippen LogP contribution is 2.04. The molecule has 52 valence electrons. The van der Waals surface area contributed by atoms with Gasteiger partial charge in [0, 0.05) is 0 Å². The summed E-state index contributed by atoms with van der Waals surface area (Å²) >= 11 is 0. The Morgan fingerprint density at radius 2 is 1.82 bits per heavy atom. The normalized spacial score (nSPS) is 6.36. The van der Waals surface area contributed by atoms with E-state index in [4.69, 9.17) is 21.3 Å². The SMILES string of the molecule is N#CCC(=C=N)C(=C=N)C#N. The Morgan fingerprint density at radius 3 is 2.09 bits per heavy atom. The molecule has 0 aliphatic carbocycles. The van der Waals surface area contributed by atoms with Crippen molar-refractivity contribution in [1.82, 2.24) is 0 Å². The molecule has 0 atom stereocenters. The number of nitriles is 2. The quantitative estimate of drug-likeness (QED) is 0.340. The average Bonchev–Trinajstić information content (AvgIpc) is 2.05. The second-order valence-corrected chi connectivity index (χ2v) is 1.55. The van der Waals surface area contributed by atoms with Gasteiger partial charge in [0.1, 0.15) is 11.6 Å². The predicted molar refractivity (Wildman–Crippen MR) is 38.3 cm³/mol. The number of hydrogen-bond donors (Lipinski definition) is 2. The zero-order valence-corrected chi connectivity index (χ0v) is 5.60. The van der Waals surface area contributed by atoms with Crippen molar-refractivity contribution >= 4 is 11.7 Å². The summed E-state index contributed by atoms with van der Waals surface area (Å²) < 4.78 is 0. The van der Waals surface area contributed by atoms with Gasteiger partial charge >= 0.3 is 0 Å². The van der Waals surface area contributed by atoms with E-state index in [9.17, 15) is 0 Å². The maximum atomic E-state index is 8.33. The highest BCUT2D eigenvalue weighted by atomic mass is 14.3. The zero-order chi connectivity index (χ0) is 8.69. The van der Waals surface area contributed by atoms with Gasteiger partial charge in [-0.25, -0.2) is 0 Å². The fourth-order valence-electron chi connectivity index (χ4n) is 0.445. The molecule has 4 heteroatoms. The van der Waals surface area contributed by atoms with Crippen molar-refractivity contribution in [1.29, 1.82) is 21.3 Å². The lowest BCUT2D eigenvalue weighted by Gasteiger charge is -1.88. The summed E-state index contributed by atoms with van der Waals surface area (Å²) in [5.74, 6) is 3.73. The molecule has 0 fully saturated rings. The van der Waals surface area contributed by atoms with E-state index in [1.807, 2.05) is 11.7 Å². The maximum absolute atomic E-state index is 8.33. The standard InChI is InChI=1S/C7H4N4/c8-2-1-6(3-9)7(4-10)5-11/h9-10H,1H2. The zero-order valence-electron chi connectivity index (χ0n) is 5.60. The van der Waals surface area contributed by atoms with Crippen molar-refractivity contribution in [3.05, 3.63) is 11.1 Å². The van der Waals surface area contributed by atoms with Gasteiger partial charge in [-0.2, -0.15) is 10.5 Å². The second kappa shape index (κ2) is 4.73. The van der Waals surface area contributed by atoms with Crippen molar-refractivity contribution in [3.8, 4) is 12.1 Å². The first-order valence-electron chi connectivity index (χ1n) is 2.65. The Kier molecular flexibility index (Phi) is 3.82. The summed E-state index contributed by atoms with van der Waals surface area (Å²) in [5, 5.41) is 29.8. The summed E-state index contributed by atoms with van der Waals surface area (Å²) in [5.41, 5.74) is -0.00782. The van der Waals surface area contributed by atoms with Crippen molar-refractivity contribution in [2.45, 2.75) is 6.42 Å². The summed E-state index contributed by atoms with van der Waals surface area (Å²) in [6.07, 6.45) is -0.0850. The molecule has 0 heterocycles. The lowest BCUT2D eigenvalue weighted by Crippen LogP contribution is -1.87. The van der Waals surface area contributed by atoms with Gasteiger partial charge in [0.15, 0.2) is 0 Å². The molecule has 0 unspecified atom stereocenters. The molecular weight excluding hydrogens is 140 g/mol.